The highest BCUT2D eigenvalue weighted by atomic mass is 16.5. The van der Waals surface area contributed by atoms with Crippen molar-refractivity contribution < 1.29 is 29.6 Å². The van der Waals surface area contributed by atoms with E-state index in [4.69, 9.17) is 15.3 Å². The number of carboxylic acids is 1. The molecule has 0 aromatic heterocycles. The molecule has 0 bridgehead atoms. The molecule has 6 heteroatoms. The third-order valence-electron chi connectivity index (χ3n) is 1.16. The van der Waals surface area contributed by atoms with Gasteiger partial charge in [-0.2, -0.15) is 0 Å². The van der Waals surface area contributed by atoms with Crippen LogP contribution in [0.4, 0.5) is 0 Å². The lowest BCUT2D eigenvalue weighted by Gasteiger charge is -1.99. The SMILES string of the molecule is COC(=O)C[C@@H](C)O.C[C@@H](O)CC(=O)O. The quantitative estimate of drug-likeness (QED) is 0.568. The highest BCUT2D eigenvalue weighted by Gasteiger charge is 2.03. The van der Waals surface area contributed by atoms with E-state index in [-0.39, 0.29) is 18.8 Å². The van der Waals surface area contributed by atoms with Crippen LogP contribution in [-0.2, 0) is 14.3 Å². The van der Waals surface area contributed by atoms with Gasteiger partial charge in [0.15, 0.2) is 0 Å². The second-order valence-corrected chi connectivity index (χ2v) is 3.08. The summed E-state index contributed by atoms with van der Waals surface area (Å²) >= 11 is 0. The van der Waals surface area contributed by atoms with Gasteiger partial charge in [-0.15, -0.1) is 0 Å². The maximum Gasteiger partial charge on any atom is 0.308 e. The number of aliphatic hydroxyl groups is 2. The third kappa shape index (κ3) is 19.3. The predicted molar refractivity (Wildman–Crippen MR) is 52.2 cm³/mol. The van der Waals surface area contributed by atoms with Gasteiger partial charge in [0.2, 0.25) is 0 Å². The number of hydrogen-bond donors (Lipinski definition) is 3. The second kappa shape index (κ2) is 9.42. The lowest BCUT2D eigenvalue weighted by molar-refractivity contribution is -0.142. The molecule has 0 rings (SSSR count). The van der Waals surface area contributed by atoms with Crippen molar-refractivity contribution >= 4 is 11.9 Å². The lowest BCUT2D eigenvalue weighted by atomic mass is 10.3. The van der Waals surface area contributed by atoms with Crippen molar-refractivity contribution in [1.82, 2.24) is 0 Å². The third-order valence-corrected chi connectivity index (χ3v) is 1.16. The molecule has 2 atom stereocenters. The second-order valence-electron chi connectivity index (χ2n) is 3.08. The van der Waals surface area contributed by atoms with Gasteiger partial charge >= 0.3 is 11.9 Å². The molecular weight excluding hydrogens is 204 g/mol. The summed E-state index contributed by atoms with van der Waals surface area (Å²) in [6, 6.07) is 0. The van der Waals surface area contributed by atoms with Crippen LogP contribution < -0.4 is 0 Å². The zero-order chi connectivity index (χ0) is 12.4. The molecule has 0 aromatic carbocycles. The van der Waals surface area contributed by atoms with Gasteiger partial charge in [0, 0.05) is 0 Å². The molecule has 0 radical (unpaired) electrons. The monoisotopic (exact) mass is 222 g/mol. The van der Waals surface area contributed by atoms with E-state index in [1.54, 1.807) is 0 Å². The number of carbonyl (C=O) groups excluding carboxylic acids is 1. The molecule has 15 heavy (non-hydrogen) atoms. The summed E-state index contributed by atoms with van der Waals surface area (Å²) in [6.45, 7) is 2.98. The van der Waals surface area contributed by atoms with E-state index < -0.39 is 18.2 Å². The number of aliphatic hydroxyl groups excluding tert-OH is 2. The summed E-state index contributed by atoms with van der Waals surface area (Å²) in [4.78, 5) is 19.9. The highest BCUT2D eigenvalue weighted by Crippen LogP contribution is 1.89. The number of methoxy groups -OCH3 is 1. The van der Waals surface area contributed by atoms with Crippen LogP contribution in [0.3, 0.4) is 0 Å². The Balaban J connectivity index is 0. The van der Waals surface area contributed by atoms with Crippen LogP contribution in [0.1, 0.15) is 26.7 Å². The van der Waals surface area contributed by atoms with Crippen LogP contribution in [0, 0.1) is 0 Å². The van der Waals surface area contributed by atoms with Gasteiger partial charge in [0.05, 0.1) is 32.2 Å². The van der Waals surface area contributed by atoms with Crippen molar-refractivity contribution in [2.45, 2.75) is 38.9 Å². The molecule has 0 aromatic rings. The van der Waals surface area contributed by atoms with E-state index in [2.05, 4.69) is 4.74 Å². The minimum absolute atomic E-state index is 0.0799. The number of aliphatic carboxylic acids is 1. The molecule has 0 fully saturated rings. The van der Waals surface area contributed by atoms with Gasteiger partial charge < -0.3 is 20.1 Å². The van der Waals surface area contributed by atoms with Gasteiger partial charge in [-0.3, -0.25) is 9.59 Å². The van der Waals surface area contributed by atoms with Crippen LogP contribution in [0.5, 0.6) is 0 Å². The Kier molecular flexibility index (Phi) is 10.2. The maximum absolute atomic E-state index is 10.2. The van der Waals surface area contributed by atoms with E-state index in [1.165, 1.54) is 21.0 Å². The molecule has 0 spiro atoms. The summed E-state index contributed by atoms with van der Waals surface area (Å²) in [5.41, 5.74) is 0. The summed E-state index contributed by atoms with van der Waals surface area (Å²) in [5, 5.41) is 24.8. The van der Waals surface area contributed by atoms with Crippen LogP contribution in [0.25, 0.3) is 0 Å². The first-order chi connectivity index (χ1) is 6.79. The van der Waals surface area contributed by atoms with Gasteiger partial charge in [-0.1, -0.05) is 0 Å². The first-order valence-corrected chi connectivity index (χ1v) is 4.44. The van der Waals surface area contributed by atoms with Crippen molar-refractivity contribution in [1.29, 1.82) is 0 Å². The van der Waals surface area contributed by atoms with Crippen LogP contribution in [0.15, 0.2) is 0 Å². The van der Waals surface area contributed by atoms with E-state index in [9.17, 15) is 9.59 Å². The minimum Gasteiger partial charge on any atom is -0.481 e. The summed E-state index contributed by atoms with van der Waals surface area (Å²) < 4.78 is 4.26. The molecule has 0 aliphatic heterocycles. The number of rotatable bonds is 4. The van der Waals surface area contributed by atoms with Crippen LogP contribution in [-0.4, -0.2) is 46.6 Å². The summed E-state index contributed by atoms with van der Waals surface area (Å²) in [6.07, 6.45) is -1.41. The fourth-order valence-corrected chi connectivity index (χ4v) is 0.577. The molecule has 0 aliphatic rings. The maximum atomic E-state index is 10.2. The highest BCUT2D eigenvalue weighted by molar-refractivity contribution is 5.69. The van der Waals surface area contributed by atoms with Gasteiger partial charge in [0.1, 0.15) is 0 Å². The zero-order valence-corrected chi connectivity index (χ0v) is 9.14. The van der Waals surface area contributed by atoms with E-state index in [0.29, 0.717) is 0 Å². The van der Waals surface area contributed by atoms with E-state index >= 15 is 0 Å². The molecule has 90 valence electrons. The van der Waals surface area contributed by atoms with Crippen molar-refractivity contribution in [2.24, 2.45) is 0 Å². The first kappa shape index (κ1) is 16.3. The summed E-state index contributed by atoms with van der Waals surface area (Å²) in [5.74, 6) is -1.34. The molecule has 0 heterocycles. The minimum atomic E-state index is -0.963. The molecular formula is C9H18O6. The predicted octanol–water partition coefficient (Wildman–Crippen LogP) is -0.228. The topological polar surface area (TPSA) is 104 Å². The fourth-order valence-electron chi connectivity index (χ4n) is 0.577. The van der Waals surface area contributed by atoms with Crippen molar-refractivity contribution in [3.8, 4) is 0 Å². The van der Waals surface area contributed by atoms with Crippen molar-refractivity contribution in [3.05, 3.63) is 0 Å². The largest absolute Gasteiger partial charge is 0.481 e. The number of carboxylic acid groups (broad SMARTS) is 1. The van der Waals surface area contributed by atoms with Crippen molar-refractivity contribution in [3.63, 3.8) is 0 Å². The molecule has 0 saturated carbocycles. The molecule has 0 unspecified atom stereocenters. The van der Waals surface area contributed by atoms with Crippen LogP contribution >= 0.6 is 0 Å². The van der Waals surface area contributed by atoms with Gasteiger partial charge in [0.25, 0.3) is 0 Å². The number of hydrogen-bond acceptors (Lipinski definition) is 5. The average Bonchev–Trinajstić information content (AvgIpc) is 2.01. The van der Waals surface area contributed by atoms with E-state index in [0.717, 1.165) is 0 Å². The number of carbonyl (C=O) groups is 2. The Morgan fingerprint density at radius 2 is 1.53 bits per heavy atom. The fraction of sp³-hybridized carbons (Fsp3) is 0.778. The van der Waals surface area contributed by atoms with Crippen LogP contribution in [0.2, 0.25) is 0 Å². The zero-order valence-electron chi connectivity index (χ0n) is 9.14. The standard InChI is InChI=1S/C5H10O3.C4H8O3/c1-4(6)3-5(7)8-2;1-3(5)2-4(6)7/h4,6H,3H2,1-2H3;3,5H,2H2,1H3,(H,6,7)/t4-;3-/m11/s1. The first-order valence-electron chi connectivity index (χ1n) is 4.44. The Hall–Kier alpha value is -1.14. The number of esters is 1. The lowest BCUT2D eigenvalue weighted by Crippen LogP contribution is -2.10. The molecule has 0 aliphatic carbocycles. The Morgan fingerprint density at radius 3 is 1.60 bits per heavy atom. The molecule has 3 N–H and O–H groups in total. The van der Waals surface area contributed by atoms with E-state index in [1.807, 2.05) is 0 Å². The molecule has 6 nitrogen and oxygen atoms in total. The molecule has 0 saturated heterocycles. The van der Waals surface area contributed by atoms with Gasteiger partial charge in [-0.25, -0.2) is 0 Å². The Labute approximate surface area is 88.5 Å². The Morgan fingerprint density at radius 1 is 1.13 bits per heavy atom. The Bertz CT molecular complexity index is 187. The normalized spacial score (nSPS) is 13.1. The van der Waals surface area contributed by atoms with Crippen molar-refractivity contribution in [2.75, 3.05) is 7.11 Å². The number of ether oxygens (including phenoxy) is 1. The van der Waals surface area contributed by atoms with Gasteiger partial charge in [-0.05, 0) is 13.8 Å². The average molecular weight is 222 g/mol. The molecule has 0 amide bonds. The summed E-state index contributed by atoms with van der Waals surface area (Å²) in [7, 11) is 1.30. The smallest absolute Gasteiger partial charge is 0.308 e.